The Bertz CT molecular complexity index is 611. The summed E-state index contributed by atoms with van der Waals surface area (Å²) in [5.41, 5.74) is 2.38. The Labute approximate surface area is 131 Å². The van der Waals surface area contributed by atoms with Gasteiger partial charge in [-0.15, -0.1) is 11.6 Å². The molecule has 106 valence electrons. The minimum absolute atomic E-state index is 0.0541. The number of rotatable bonds is 2. The van der Waals surface area contributed by atoms with E-state index in [4.69, 9.17) is 34.8 Å². The van der Waals surface area contributed by atoms with E-state index in [0.717, 1.165) is 23.3 Å². The second kappa shape index (κ2) is 5.88. The maximum atomic E-state index is 13.9. The average molecular weight is 336 g/mol. The SMILES string of the molecule is Cc1cc(C(Cl)c2cc(F)c(Cl)cc2F)c(C)cc1Cl. The largest absolute Gasteiger partial charge is 0.207 e. The zero-order valence-electron chi connectivity index (χ0n) is 10.8. The Morgan fingerprint density at radius 2 is 1.45 bits per heavy atom. The normalized spacial score (nSPS) is 12.6. The smallest absolute Gasteiger partial charge is 0.142 e. The van der Waals surface area contributed by atoms with Crippen molar-refractivity contribution in [3.8, 4) is 0 Å². The third kappa shape index (κ3) is 2.93. The summed E-state index contributed by atoms with van der Waals surface area (Å²) >= 11 is 17.9. The van der Waals surface area contributed by atoms with Gasteiger partial charge in [0.15, 0.2) is 0 Å². The first-order chi connectivity index (χ1) is 9.31. The highest BCUT2D eigenvalue weighted by molar-refractivity contribution is 6.31. The fourth-order valence-corrected chi connectivity index (χ4v) is 2.75. The number of hydrogen-bond acceptors (Lipinski definition) is 0. The minimum Gasteiger partial charge on any atom is -0.207 e. The zero-order chi connectivity index (χ0) is 15.0. The van der Waals surface area contributed by atoms with Crippen LogP contribution in [0.25, 0.3) is 0 Å². The molecule has 0 fully saturated rings. The van der Waals surface area contributed by atoms with Gasteiger partial charge in [0.25, 0.3) is 0 Å². The number of halogens is 5. The van der Waals surface area contributed by atoms with Gasteiger partial charge in [0, 0.05) is 10.6 Å². The van der Waals surface area contributed by atoms with Crippen LogP contribution >= 0.6 is 34.8 Å². The maximum absolute atomic E-state index is 13.9. The first-order valence-electron chi connectivity index (χ1n) is 5.86. The summed E-state index contributed by atoms with van der Waals surface area (Å²) in [7, 11) is 0. The van der Waals surface area contributed by atoms with Gasteiger partial charge in [-0.3, -0.25) is 0 Å². The second-order valence-corrected chi connectivity index (χ2v) is 5.86. The van der Waals surface area contributed by atoms with Crippen LogP contribution in [0.1, 0.15) is 27.6 Å². The molecule has 0 N–H and O–H groups in total. The molecule has 20 heavy (non-hydrogen) atoms. The highest BCUT2D eigenvalue weighted by Gasteiger charge is 2.20. The standard InChI is InChI=1S/C15H11Cl3F2/c1-7-4-11(16)8(2)3-9(7)15(18)10-5-14(20)12(17)6-13(10)19/h3-6,15H,1-2H3. The van der Waals surface area contributed by atoms with Crippen molar-refractivity contribution in [3.05, 3.63) is 68.2 Å². The van der Waals surface area contributed by atoms with Gasteiger partial charge in [0.1, 0.15) is 11.6 Å². The predicted molar refractivity (Wildman–Crippen MR) is 80.0 cm³/mol. The molecule has 0 nitrogen and oxygen atoms in total. The summed E-state index contributed by atoms with van der Waals surface area (Å²) < 4.78 is 27.4. The molecule has 0 heterocycles. The van der Waals surface area contributed by atoms with Gasteiger partial charge in [-0.1, -0.05) is 29.3 Å². The van der Waals surface area contributed by atoms with Crippen molar-refractivity contribution >= 4 is 34.8 Å². The van der Waals surface area contributed by atoms with E-state index >= 15 is 0 Å². The van der Waals surface area contributed by atoms with Crippen molar-refractivity contribution in [1.82, 2.24) is 0 Å². The number of hydrogen-bond donors (Lipinski definition) is 0. The van der Waals surface area contributed by atoms with Crippen LogP contribution in [0.15, 0.2) is 24.3 Å². The van der Waals surface area contributed by atoms with Crippen molar-refractivity contribution in [2.75, 3.05) is 0 Å². The van der Waals surface area contributed by atoms with E-state index in [9.17, 15) is 8.78 Å². The van der Waals surface area contributed by atoms with Gasteiger partial charge in [-0.25, -0.2) is 8.78 Å². The molecule has 0 aromatic heterocycles. The zero-order valence-corrected chi connectivity index (χ0v) is 13.0. The van der Waals surface area contributed by atoms with Gasteiger partial charge >= 0.3 is 0 Å². The molecule has 0 spiro atoms. The quantitative estimate of drug-likeness (QED) is 0.451. The van der Waals surface area contributed by atoms with Gasteiger partial charge in [-0.05, 0) is 48.7 Å². The first-order valence-corrected chi connectivity index (χ1v) is 7.05. The molecule has 0 saturated heterocycles. The second-order valence-electron chi connectivity index (χ2n) is 4.61. The summed E-state index contributed by atoms with van der Waals surface area (Å²) in [6.45, 7) is 3.65. The monoisotopic (exact) mass is 334 g/mol. The van der Waals surface area contributed by atoms with E-state index in [2.05, 4.69) is 0 Å². The topological polar surface area (TPSA) is 0 Å². The molecule has 0 saturated carbocycles. The molecule has 0 aliphatic rings. The highest BCUT2D eigenvalue weighted by atomic mass is 35.5. The van der Waals surface area contributed by atoms with Gasteiger partial charge in [-0.2, -0.15) is 0 Å². The fraction of sp³-hybridized carbons (Fsp3) is 0.200. The summed E-state index contributed by atoms with van der Waals surface area (Å²) in [4.78, 5) is 0. The molecule has 0 aliphatic heterocycles. The lowest BCUT2D eigenvalue weighted by Crippen LogP contribution is -2.01. The molecule has 0 aliphatic carbocycles. The van der Waals surface area contributed by atoms with Gasteiger partial charge in [0.05, 0.1) is 10.4 Å². The minimum atomic E-state index is -0.808. The molecular formula is C15H11Cl3F2. The third-order valence-corrected chi connectivity index (χ3v) is 4.30. The van der Waals surface area contributed by atoms with E-state index < -0.39 is 17.0 Å². The maximum Gasteiger partial charge on any atom is 0.142 e. The molecule has 0 amide bonds. The lowest BCUT2D eigenvalue weighted by atomic mass is 9.97. The number of aryl methyl sites for hydroxylation is 2. The molecule has 1 unspecified atom stereocenters. The van der Waals surface area contributed by atoms with Crippen LogP contribution in [0.5, 0.6) is 0 Å². The van der Waals surface area contributed by atoms with E-state index in [1.54, 1.807) is 12.1 Å². The number of benzene rings is 2. The molecule has 2 rings (SSSR count). The van der Waals surface area contributed by atoms with Crippen LogP contribution in [-0.4, -0.2) is 0 Å². The molecule has 1 atom stereocenters. The van der Waals surface area contributed by atoms with Crippen LogP contribution in [0.4, 0.5) is 8.78 Å². The van der Waals surface area contributed by atoms with Crippen molar-refractivity contribution in [3.63, 3.8) is 0 Å². The van der Waals surface area contributed by atoms with Crippen molar-refractivity contribution < 1.29 is 8.78 Å². The molecule has 0 radical (unpaired) electrons. The lowest BCUT2D eigenvalue weighted by molar-refractivity contribution is 0.587. The molecule has 2 aromatic carbocycles. The van der Waals surface area contributed by atoms with Crippen LogP contribution in [0, 0.1) is 25.5 Å². The van der Waals surface area contributed by atoms with Crippen LogP contribution in [0.2, 0.25) is 10.0 Å². The van der Waals surface area contributed by atoms with Gasteiger partial charge in [0.2, 0.25) is 0 Å². The van der Waals surface area contributed by atoms with Crippen molar-refractivity contribution in [2.24, 2.45) is 0 Å². The van der Waals surface area contributed by atoms with E-state index in [0.29, 0.717) is 10.6 Å². The van der Waals surface area contributed by atoms with Crippen LogP contribution in [-0.2, 0) is 0 Å². The summed E-state index contributed by atoms with van der Waals surface area (Å²) in [6, 6.07) is 5.49. The Morgan fingerprint density at radius 3 is 2.10 bits per heavy atom. The Hall–Kier alpha value is -0.830. The Kier molecular flexibility index (Phi) is 4.58. The molecular weight excluding hydrogens is 325 g/mol. The van der Waals surface area contributed by atoms with E-state index in [1.165, 1.54) is 0 Å². The molecule has 5 heteroatoms. The van der Waals surface area contributed by atoms with E-state index in [-0.39, 0.29) is 10.6 Å². The summed E-state index contributed by atoms with van der Waals surface area (Å²) in [6.07, 6.45) is 0. The highest BCUT2D eigenvalue weighted by Crippen LogP contribution is 2.36. The fourth-order valence-electron chi connectivity index (χ4n) is 1.98. The molecule has 0 bridgehead atoms. The average Bonchev–Trinajstić information content (AvgIpc) is 2.37. The Balaban J connectivity index is 2.54. The summed E-state index contributed by atoms with van der Waals surface area (Å²) in [5, 5.41) is -0.463. The predicted octanol–water partition coefficient (Wildman–Crippen LogP) is 6.22. The summed E-state index contributed by atoms with van der Waals surface area (Å²) in [5.74, 6) is -1.33. The lowest BCUT2D eigenvalue weighted by Gasteiger charge is -2.16. The Morgan fingerprint density at radius 1 is 0.800 bits per heavy atom. The van der Waals surface area contributed by atoms with Crippen molar-refractivity contribution in [2.45, 2.75) is 19.2 Å². The molecule has 2 aromatic rings. The van der Waals surface area contributed by atoms with Gasteiger partial charge < -0.3 is 0 Å². The van der Waals surface area contributed by atoms with Crippen molar-refractivity contribution in [1.29, 1.82) is 0 Å². The van der Waals surface area contributed by atoms with E-state index in [1.807, 2.05) is 13.8 Å². The van der Waals surface area contributed by atoms with Crippen LogP contribution < -0.4 is 0 Å². The van der Waals surface area contributed by atoms with Crippen LogP contribution in [0.3, 0.4) is 0 Å². The third-order valence-electron chi connectivity index (χ3n) is 3.13. The number of alkyl halides is 1. The first kappa shape index (κ1) is 15.6.